The van der Waals surface area contributed by atoms with E-state index in [1.165, 1.54) is 10.5 Å². The van der Waals surface area contributed by atoms with E-state index in [-0.39, 0.29) is 11.8 Å². The van der Waals surface area contributed by atoms with Crippen LogP contribution in [0.2, 0.25) is 0 Å². The van der Waals surface area contributed by atoms with Gasteiger partial charge in [0.25, 0.3) is 0 Å². The first kappa shape index (κ1) is 21.0. The minimum absolute atomic E-state index is 0.0923. The van der Waals surface area contributed by atoms with E-state index in [0.29, 0.717) is 37.7 Å². The number of carbonyl (C=O) groups is 1. The third-order valence-electron chi connectivity index (χ3n) is 5.41. The lowest BCUT2D eigenvalue weighted by Gasteiger charge is -2.32. The number of carbonyl (C=O) groups excluding carboxylic acids is 1. The van der Waals surface area contributed by atoms with Gasteiger partial charge in [-0.05, 0) is 42.7 Å². The highest BCUT2D eigenvalue weighted by atomic mass is 19.4. The maximum absolute atomic E-state index is 13.1. The predicted molar refractivity (Wildman–Crippen MR) is 108 cm³/mol. The van der Waals surface area contributed by atoms with Crippen LogP contribution >= 0.6 is 0 Å². The number of rotatable bonds is 5. The number of piperidine rings is 1. The molecule has 7 nitrogen and oxygen atoms in total. The summed E-state index contributed by atoms with van der Waals surface area (Å²) in [7, 11) is 1.59. The Kier molecular flexibility index (Phi) is 5.71. The Labute approximate surface area is 176 Å². The highest BCUT2D eigenvalue weighted by Crippen LogP contribution is 2.30. The molecule has 0 unspecified atom stereocenters. The van der Waals surface area contributed by atoms with E-state index in [4.69, 9.17) is 4.74 Å². The first-order chi connectivity index (χ1) is 14.8. The second-order valence-corrected chi connectivity index (χ2v) is 7.49. The number of hydrogen-bond donors (Lipinski definition) is 1. The molecule has 0 aliphatic carbocycles. The van der Waals surface area contributed by atoms with E-state index in [0.717, 1.165) is 30.0 Å². The number of methoxy groups -OCH3 is 1. The molecule has 31 heavy (non-hydrogen) atoms. The van der Waals surface area contributed by atoms with Gasteiger partial charge in [-0.15, -0.1) is 10.2 Å². The van der Waals surface area contributed by atoms with Gasteiger partial charge in [-0.3, -0.25) is 9.20 Å². The Morgan fingerprint density at radius 1 is 1.19 bits per heavy atom. The molecule has 1 atom stereocenters. The maximum Gasteiger partial charge on any atom is 0.417 e. The SMILES string of the molecule is COc1ccc(CNC(=O)[C@H]2CCCN(c3nnc4ccc(C(F)(F)F)cn34)C2)cc1. The molecule has 1 N–H and O–H groups in total. The van der Waals surface area contributed by atoms with E-state index >= 15 is 0 Å². The molecule has 164 valence electrons. The van der Waals surface area contributed by atoms with Crippen LogP contribution in [-0.4, -0.2) is 40.7 Å². The highest BCUT2D eigenvalue weighted by molar-refractivity contribution is 5.79. The smallest absolute Gasteiger partial charge is 0.417 e. The lowest BCUT2D eigenvalue weighted by atomic mass is 9.97. The van der Waals surface area contributed by atoms with Gasteiger partial charge in [-0.2, -0.15) is 13.2 Å². The molecule has 4 rings (SSSR count). The van der Waals surface area contributed by atoms with Crippen molar-refractivity contribution in [3.05, 3.63) is 53.7 Å². The summed E-state index contributed by atoms with van der Waals surface area (Å²) >= 11 is 0. The Morgan fingerprint density at radius 3 is 2.68 bits per heavy atom. The molecule has 1 fully saturated rings. The van der Waals surface area contributed by atoms with Crippen molar-refractivity contribution in [3.8, 4) is 5.75 Å². The molecule has 1 amide bonds. The minimum Gasteiger partial charge on any atom is -0.497 e. The summed E-state index contributed by atoms with van der Waals surface area (Å²) < 4.78 is 45.8. The maximum atomic E-state index is 13.1. The van der Waals surface area contributed by atoms with Crippen molar-refractivity contribution < 1.29 is 22.7 Å². The van der Waals surface area contributed by atoms with Gasteiger partial charge in [0.2, 0.25) is 11.9 Å². The third kappa shape index (κ3) is 4.57. The summed E-state index contributed by atoms with van der Waals surface area (Å²) in [5.74, 6) is 0.677. The number of pyridine rings is 1. The van der Waals surface area contributed by atoms with E-state index in [2.05, 4.69) is 15.5 Å². The van der Waals surface area contributed by atoms with Gasteiger partial charge in [0.1, 0.15) is 5.75 Å². The van der Waals surface area contributed by atoms with Crippen molar-refractivity contribution in [1.82, 2.24) is 19.9 Å². The van der Waals surface area contributed by atoms with Gasteiger partial charge < -0.3 is 15.0 Å². The van der Waals surface area contributed by atoms with Crippen LogP contribution in [0.4, 0.5) is 19.1 Å². The van der Waals surface area contributed by atoms with E-state index in [9.17, 15) is 18.0 Å². The lowest BCUT2D eigenvalue weighted by molar-refractivity contribution is -0.137. The molecular weight excluding hydrogens is 411 g/mol. The van der Waals surface area contributed by atoms with Crippen molar-refractivity contribution in [3.63, 3.8) is 0 Å². The second kappa shape index (κ2) is 8.44. The molecule has 10 heteroatoms. The Balaban J connectivity index is 1.45. The number of nitrogens with zero attached hydrogens (tertiary/aromatic N) is 4. The number of amides is 1. The largest absolute Gasteiger partial charge is 0.497 e. The van der Waals surface area contributed by atoms with Crippen LogP contribution in [0, 0.1) is 5.92 Å². The van der Waals surface area contributed by atoms with Crippen LogP contribution < -0.4 is 15.0 Å². The molecule has 0 radical (unpaired) electrons. The van der Waals surface area contributed by atoms with Gasteiger partial charge in [0.05, 0.1) is 18.6 Å². The second-order valence-electron chi connectivity index (χ2n) is 7.49. The Morgan fingerprint density at radius 2 is 1.97 bits per heavy atom. The molecule has 3 aromatic rings. The summed E-state index contributed by atoms with van der Waals surface area (Å²) in [6.45, 7) is 1.35. The van der Waals surface area contributed by atoms with Crippen molar-refractivity contribution in [2.45, 2.75) is 25.6 Å². The Hall–Kier alpha value is -3.30. The van der Waals surface area contributed by atoms with Crippen LogP contribution in [0.5, 0.6) is 5.75 Å². The number of nitrogens with one attached hydrogen (secondary N) is 1. The van der Waals surface area contributed by atoms with E-state index in [1.54, 1.807) is 7.11 Å². The number of halogens is 3. The van der Waals surface area contributed by atoms with Crippen molar-refractivity contribution in [2.75, 3.05) is 25.1 Å². The molecule has 1 aliphatic heterocycles. The standard InChI is InChI=1S/C21H22F3N5O2/c1-31-17-7-4-14(5-8-17)11-25-19(30)15-3-2-10-28(12-15)20-27-26-18-9-6-16(13-29(18)20)21(22,23)24/h4-9,13,15H,2-3,10-12H2,1H3,(H,25,30)/t15-/m0/s1. The van der Waals surface area contributed by atoms with Crippen LogP contribution in [-0.2, 0) is 17.5 Å². The zero-order valence-electron chi connectivity index (χ0n) is 16.9. The zero-order valence-corrected chi connectivity index (χ0v) is 16.9. The molecule has 0 saturated carbocycles. The van der Waals surface area contributed by atoms with Crippen molar-refractivity contribution in [1.29, 1.82) is 0 Å². The van der Waals surface area contributed by atoms with Crippen molar-refractivity contribution in [2.24, 2.45) is 5.92 Å². The minimum atomic E-state index is -4.46. The number of benzene rings is 1. The first-order valence-electron chi connectivity index (χ1n) is 9.93. The topological polar surface area (TPSA) is 71.8 Å². The molecule has 0 spiro atoms. The quantitative estimate of drug-likeness (QED) is 0.669. The first-order valence-corrected chi connectivity index (χ1v) is 9.93. The summed E-state index contributed by atoms with van der Waals surface area (Å²) in [6.07, 6.45) is -2.02. The number of alkyl halides is 3. The molecule has 1 aliphatic rings. The van der Waals surface area contributed by atoms with Gasteiger partial charge in [-0.25, -0.2) is 0 Å². The number of hydrogen-bond acceptors (Lipinski definition) is 5. The predicted octanol–water partition coefficient (Wildman–Crippen LogP) is 3.29. The van der Waals surface area contributed by atoms with Crippen molar-refractivity contribution >= 4 is 17.5 Å². The molecule has 1 aromatic carbocycles. The fourth-order valence-electron chi connectivity index (χ4n) is 3.71. The number of aromatic nitrogens is 3. The van der Waals surface area contributed by atoms with E-state index in [1.807, 2.05) is 29.2 Å². The van der Waals surface area contributed by atoms with Crippen LogP contribution in [0.3, 0.4) is 0 Å². The average molecular weight is 433 g/mol. The van der Waals surface area contributed by atoms with E-state index < -0.39 is 11.7 Å². The lowest BCUT2D eigenvalue weighted by Crippen LogP contribution is -2.43. The molecule has 2 aromatic heterocycles. The fraction of sp³-hybridized carbons (Fsp3) is 0.381. The van der Waals surface area contributed by atoms with Gasteiger partial charge in [0, 0.05) is 25.8 Å². The van der Waals surface area contributed by atoms with Gasteiger partial charge in [-0.1, -0.05) is 12.1 Å². The number of ether oxygens (including phenoxy) is 1. The monoisotopic (exact) mass is 433 g/mol. The third-order valence-corrected chi connectivity index (χ3v) is 5.41. The summed E-state index contributed by atoms with van der Waals surface area (Å²) in [5, 5.41) is 11.0. The molecular formula is C21H22F3N5O2. The van der Waals surface area contributed by atoms with Crippen LogP contribution in [0.15, 0.2) is 42.6 Å². The Bertz CT molecular complexity index is 1070. The van der Waals surface area contributed by atoms with Gasteiger partial charge >= 0.3 is 6.18 Å². The normalized spacial score (nSPS) is 17.0. The highest BCUT2D eigenvalue weighted by Gasteiger charge is 2.32. The van der Waals surface area contributed by atoms with Crippen LogP contribution in [0.25, 0.3) is 5.65 Å². The van der Waals surface area contributed by atoms with Gasteiger partial charge in [0.15, 0.2) is 5.65 Å². The summed E-state index contributed by atoms with van der Waals surface area (Å²) in [6, 6.07) is 9.70. The molecule has 1 saturated heterocycles. The van der Waals surface area contributed by atoms with Crippen LogP contribution in [0.1, 0.15) is 24.0 Å². The molecule has 3 heterocycles. The summed E-state index contributed by atoms with van der Waals surface area (Å²) in [4.78, 5) is 14.5. The number of anilines is 1. The summed E-state index contributed by atoms with van der Waals surface area (Å²) in [5.41, 5.74) is 0.505. The number of fused-ring (bicyclic) bond motifs is 1. The zero-order chi connectivity index (χ0) is 22.0. The fourth-order valence-corrected chi connectivity index (χ4v) is 3.71. The molecule has 0 bridgehead atoms. The average Bonchev–Trinajstić information content (AvgIpc) is 3.20.